The quantitative estimate of drug-likeness (QED) is 0.821. The molecule has 0 aliphatic heterocycles. The molecule has 1 aromatic carbocycles. The number of hydrogen-bond donors (Lipinski definition) is 1. The van der Waals surface area contributed by atoms with Crippen LogP contribution in [0.3, 0.4) is 0 Å². The molecule has 1 aliphatic carbocycles. The van der Waals surface area contributed by atoms with Crippen LogP contribution in [0.2, 0.25) is 5.02 Å². The Morgan fingerprint density at radius 2 is 2.05 bits per heavy atom. The summed E-state index contributed by atoms with van der Waals surface area (Å²) >= 11 is 6.09. The summed E-state index contributed by atoms with van der Waals surface area (Å²) in [6.45, 7) is 6.54. The molecule has 2 atom stereocenters. The first-order valence-electron chi connectivity index (χ1n) is 7.21. The third kappa shape index (κ3) is 3.93. The van der Waals surface area contributed by atoms with Crippen LogP contribution >= 0.6 is 11.6 Å². The predicted molar refractivity (Wildman–Crippen MR) is 79.0 cm³/mol. The summed E-state index contributed by atoms with van der Waals surface area (Å²) in [6.07, 6.45) is 3.22. The van der Waals surface area contributed by atoms with Gasteiger partial charge in [0.1, 0.15) is 5.82 Å². The first kappa shape index (κ1) is 14.8. The van der Waals surface area contributed by atoms with Crippen molar-refractivity contribution in [3.63, 3.8) is 0 Å². The summed E-state index contributed by atoms with van der Waals surface area (Å²) in [6, 6.07) is 4.96. The Hall–Kier alpha value is -0.600. The average Bonchev–Trinajstić information content (AvgIpc) is 2.32. The molecule has 0 spiro atoms. The van der Waals surface area contributed by atoms with Crippen LogP contribution < -0.4 is 5.32 Å². The Bertz CT molecular complexity index is 399. The maximum absolute atomic E-state index is 13.8. The lowest BCUT2D eigenvalue weighted by molar-refractivity contribution is 0.168. The summed E-state index contributed by atoms with van der Waals surface area (Å²) in [4.78, 5) is 0. The molecule has 106 valence electrons. The maximum atomic E-state index is 13.8. The van der Waals surface area contributed by atoms with Gasteiger partial charge in [-0.25, -0.2) is 4.39 Å². The van der Waals surface area contributed by atoms with E-state index in [1.807, 2.05) is 0 Å². The van der Waals surface area contributed by atoms with E-state index in [0.29, 0.717) is 28.3 Å². The topological polar surface area (TPSA) is 12.0 Å². The van der Waals surface area contributed by atoms with Crippen LogP contribution in [0.4, 0.5) is 4.39 Å². The molecule has 1 saturated carbocycles. The molecule has 1 nitrogen and oxygen atoms in total. The minimum atomic E-state index is -0.159. The second-order valence-electron chi connectivity index (χ2n) is 6.05. The van der Waals surface area contributed by atoms with Gasteiger partial charge in [-0.1, -0.05) is 31.5 Å². The highest BCUT2D eigenvalue weighted by molar-refractivity contribution is 6.31. The number of benzene rings is 1. The zero-order valence-corrected chi connectivity index (χ0v) is 12.5. The number of rotatable bonds is 6. The predicted octanol–water partition coefficient (Wildman–Crippen LogP) is 4.29. The fourth-order valence-electron chi connectivity index (χ4n) is 2.72. The molecular formula is C16H23ClFN. The molecule has 1 aromatic rings. The van der Waals surface area contributed by atoms with Crippen molar-refractivity contribution in [3.05, 3.63) is 34.6 Å². The van der Waals surface area contributed by atoms with Crippen molar-refractivity contribution >= 4 is 11.6 Å². The van der Waals surface area contributed by atoms with Crippen molar-refractivity contribution in [2.75, 3.05) is 13.1 Å². The minimum absolute atomic E-state index is 0.159. The molecule has 0 bridgehead atoms. The Balaban J connectivity index is 1.86. The zero-order valence-electron chi connectivity index (χ0n) is 11.8. The van der Waals surface area contributed by atoms with Gasteiger partial charge < -0.3 is 5.32 Å². The van der Waals surface area contributed by atoms with Crippen molar-refractivity contribution in [1.82, 2.24) is 5.32 Å². The van der Waals surface area contributed by atoms with Gasteiger partial charge in [0.15, 0.2) is 0 Å². The molecule has 0 amide bonds. The van der Waals surface area contributed by atoms with Crippen LogP contribution in [0.15, 0.2) is 18.2 Å². The van der Waals surface area contributed by atoms with E-state index in [9.17, 15) is 4.39 Å². The highest BCUT2D eigenvalue weighted by Crippen LogP contribution is 2.38. The average molecular weight is 284 g/mol. The van der Waals surface area contributed by atoms with E-state index in [2.05, 4.69) is 19.2 Å². The highest BCUT2D eigenvalue weighted by Gasteiger charge is 2.31. The summed E-state index contributed by atoms with van der Waals surface area (Å²) < 4.78 is 13.8. The summed E-state index contributed by atoms with van der Waals surface area (Å²) in [5.41, 5.74) is 0.697. The fraction of sp³-hybridized carbons (Fsp3) is 0.625. The van der Waals surface area contributed by atoms with Crippen LogP contribution in [0.25, 0.3) is 0 Å². The van der Waals surface area contributed by atoms with E-state index in [0.717, 1.165) is 19.5 Å². The van der Waals surface area contributed by atoms with Gasteiger partial charge in [-0.05, 0) is 62.2 Å². The van der Waals surface area contributed by atoms with Crippen LogP contribution in [0.1, 0.15) is 32.3 Å². The van der Waals surface area contributed by atoms with Crippen LogP contribution in [-0.2, 0) is 6.42 Å². The van der Waals surface area contributed by atoms with Gasteiger partial charge in [-0.15, -0.1) is 0 Å². The van der Waals surface area contributed by atoms with Crippen LogP contribution in [0, 0.1) is 23.6 Å². The smallest absolute Gasteiger partial charge is 0.127 e. The molecule has 3 heteroatoms. The van der Waals surface area contributed by atoms with E-state index in [-0.39, 0.29) is 5.82 Å². The molecule has 19 heavy (non-hydrogen) atoms. The summed E-state index contributed by atoms with van der Waals surface area (Å²) in [5.74, 6) is 1.77. The minimum Gasteiger partial charge on any atom is -0.316 e. The lowest BCUT2D eigenvalue weighted by Crippen LogP contribution is -2.37. The number of halogens is 2. The van der Waals surface area contributed by atoms with Gasteiger partial charge in [0, 0.05) is 10.6 Å². The Labute approximate surface area is 120 Å². The van der Waals surface area contributed by atoms with Crippen LogP contribution in [-0.4, -0.2) is 13.1 Å². The Kier molecular flexibility index (Phi) is 5.23. The lowest BCUT2D eigenvalue weighted by Gasteiger charge is -2.37. The lowest BCUT2D eigenvalue weighted by atomic mass is 9.70. The number of nitrogens with one attached hydrogen (secondary N) is 1. The van der Waals surface area contributed by atoms with Crippen molar-refractivity contribution in [3.8, 4) is 0 Å². The third-order valence-corrected chi connectivity index (χ3v) is 4.42. The molecule has 1 fully saturated rings. The second-order valence-corrected chi connectivity index (χ2v) is 6.46. The largest absolute Gasteiger partial charge is 0.316 e. The fourth-order valence-corrected chi connectivity index (χ4v) is 2.96. The van der Waals surface area contributed by atoms with Crippen molar-refractivity contribution in [1.29, 1.82) is 0 Å². The van der Waals surface area contributed by atoms with Gasteiger partial charge in [0.05, 0.1) is 0 Å². The molecule has 0 aromatic heterocycles. The molecule has 0 saturated heterocycles. The SMILES string of the molecule is CC(C)CNCC1CCC1Cc1c(F)cccc1Cl. The Morgan fingerprint density at radius 3 is 2.63 bits per heavy atom. The summed E-state index contributed by atoms with van der Waals surface area (Å²) in [5, 5.41) is 4.08. The first-order valence-corrected chi connectivity index (χ1v) is 7.59. The van der Waals surface area contributed by atoms with Gasteiger partial charge in [-0.3, -0.25) is 0 Å². The van der Waals surface area contributed by atoms with E-state index >= 15 is 0 Å². The molecule has 1 aliphatic rings. The molecule has 1 N–H and O–H groups in total. The molecule has 2 rings (SSSR count). The van der Waals surface area contributed by atoms with Gasteiger partial charge >= 0.3 is 0 Å². The van der Waals surface area contributed by atoms with Gasteiger partial charge in [0.2, 0.25) is 0 Å². The third-order valence-electron chi connectivity index (χ3n) is 4.06. The van der Waals surface area contributed by atoms with E-state index in [1.165, 1.54) is 18.9 Å². The van der Waals surface area contributed by atoms with Crippen molar-refractivity contribution in [2.24, 2.45) is 17.8 Å². The summed E-state index contributed by atoms with van der Waals surface area (Å²) in [7, 11) is 0. The molecule has 0 heterocycles. The Morgan fingerprint density at radius 1 is 1.32 bits per heavy atom. The normalized spacial score (nSPS) is 22.6. The molecule has 0 radical (unpaired) electrons. The van der Waals surface area contributed by atoms with E-state index in [1.54, 1.807) is 12.1 Å². The van der Waals surface area contributed by atoms with Crippen molar-refractivity contribution < 1.29 is 4.39 Å². The molecule has 2 unspecified atom stereocenters. The second kappa shape index (κ2) is 6.71. The van der Waals surface area contributed by atoms with E-state index in [4.69, 9.17) is 11.6 Å². The van der Waals surface area contributed by atoms with Gasteiger partial charge in [0.25, 0.3) is 0 Å². The van der Waals surface area contributed by atoms with Gasteiger partial charge in [-0.2, -0.15) is 0 Å². The number of hydrogen-bond acceptors (Lipinski definition) is 1. The van der Waals surface area contributed by atoms with Crippen molar-refractivity contribution in [2.45, 2.75) is 33.1 Å². The van der Waals surface area contributed by atoms with Crippen LogP contribution in [0.5, 0.6) is 0 Å². The zero-order chi connectivity index (χ0) is 13.8. The first-order chi connectivity index (χ1) is 9.08. The van der Waals surface area contributed by atoms with E-state index < -0.39 is 0 Å². The standard InChI is InChI=1S/C16H23ClFN/c1-11(2)9-19-10-13-7-6-12(13)8-14-15(17)4-3-5-16(14)18/h3-5,11-13,19H,6-10H2,1-2H3. The highest BCUT2D eigenvalue weighted by atomic mass is 35.5. The monoisotopic (exact) mass is 283 g/mol. The molecular weight excluding hydrogens is 261 g/mol. The maximum Gasteiger partial charge on any atom is 0.127 e.